The summed E-state index contributed by atoms with van der Waals surface area (Å²) in [5.74, 6) is -1.73. The number of carbonyl (C=O) groups is 1. The van der Waals surface area contributed by atoms with Crippen LogP contribution in [0.25, 0.3) is 0 Å². The molecule has 2 unspecified atom stereocenters. The Bertz CT molecular complexity index is 170. The van der Waals surface area contributed by atoms with Gasteiger partial charge in [0.15, 0.2) is 6.10 Å². The van der Waals surface area contributed by atoms with Crippen molar-refractivity contribution >= 4 is 5.97 Å². The largest absolute Gasteiger partial charge is 0.479 e. The van der Waals surface area contributed by atoms with Gasteiger partial charge in [0, 0.05) is 0 Å². The number of aliphatic hydroxyl groups excluding tert-OH is 5. The fourth-order valence-electron chi connectivity index (χ4n) is 0.668. The fraction of sp³-hybridized carbons (Fsp3) is 0.833. The topological polar surface area (TPSA) is 138 Å². The van der Waals surface area contributed by atoms with Gasteiger partial charge in [-0.3, -0.25) is 0 Å². The summed E-state index contributed by atoms with van der Waals surface area (Å²) in [6, 6.07) is 0. The molecule has 0 aromatic carbocycles. The third kappa shape index (κ3) is 3.25. The van der Waals surface area contributed by atoms with Gasteiger partial charge in [0.1, 0.15) is 18.3 Å². The molecule has 0 rings (SSSR count). The van der Waals surface area contributed by atoms with E-state index in [1.807, 2.05) is 0 Å². The molecule has 0 spiro atoms. The highest BCUT2D eigenvalue weighted by atomic mass is 16.4. The van der Waals surface area contributed by atoms with Crippen LogP contribution in [0.2, 0.25) is 0 Å². The third-order valence-electron chi connectivity index (χ3n) is 1.51. The molecule has 0 aliphatic rings. The molecule has 0 aromatic heterocycles. The van der Waals surface area contributed by atoms with Gasteiger partial charge in [-0.05, 0) is 0 Å². The molecule has 0 amide bonds. The van der Waals surface area contributed by atoms with Gasteiger partial charge in [0.2, 0.25) is 0 Å². The maximum Gasteiger partial charge on any atom is 0.335 e. The van der Waals surface area contributed by atoms with Crippen molar-refractivity contribution in [3.05, 3.63) is 0 Å². The second-order valence-corrected chi connectivity index (χ2v) is 2.51. The minimum absolute atomic E-state index is 0.843. The van der Waals surface area contributed by atoms with Crippen molar-refractivity contribution < 1.29 is 35.4 Å². The Kier molecular flexibility index (Phi) is 4.81. The van der Waals surface area contributed by atoms with Gasteiger partial charge in [0.25, 0.3) is 0 Å². The van der Waals surface area contributed by atoms with Gasteiger partial charge in [-0.2, -0.15) is 0 Å². The van der Waals surface area contributed by atoms with Crippen molar-refractivity contribution in [2.24, 2.45) is 0 Å². The molecule has 0 aliphatic heterocycles. The molecule has 13 heavy (non-hydrogen) atoms. The van der Waals surface area contributed by atoms with E-state index in [9.17, 15) is 4.79 Å². The first kappa shape index (κ1) is 12.3. The second-order valence-electron chi connectivity index (χ2n) is 2.51. The molecular weight excluding hydrogens is 184 g/mol. The van der Waals surface area contributed by atoms with Crippen molar-refractivity contribution in [2.75, 3.05) is 6.61 Å². The molecule has 0 radical (unpaired) electrons. The number of hydrogen-bond donors (Lipinski definition) is 6. The summed E-state index contributed by atoms with van der Waals surface area (Å²) < 4.78 is 0. The minimum Gasteiger partial charge on any atom is -0.479 e. The van der Waals surface area contributed by atoms with Crippen LogP contribution in [0, 0.1) is 0 Å². The second kappa shape index (κ2) is 5.10. The van der Waals surface area contributed by atoms with Gasteiger partial charge >= 0.3 is 5.97 Å². The minimum atomic E-state index is -2.20. The SMILES string of the molecule is O=C(O)C(O)[C@@H](O)C(O)[C@H](O)CO. The van der Waals surface area contributed by atoms with Crippen LogP contribution in [0.5, 0.6) is 0 Å². The van der Waals surface area contributed by atoms with Gasteiger partial charge in [-0.1, -0.05) is 0 Å². The van der Waals surface area contributed by atoms with E-state index in [0.29, 0.717) is 0 Å². The van der Waals surface area contributed by atoms with Crippen molar-refractivity contribution in [2.45, 2.75) is 24.4 Å². The van der Waals surface area contributed by atoms with Crippen molar-refractivity contribution in [3.8, 4) is 0 Å². The van der Waals surface area contributed by atoms with E-state index in [2.05, 4.69) is 0 Å². The van der Waals surface area contributed by atoms with Gasteiger partial charge in [-0.15, -0.1) is 0 Å². The van der Waals surface area contributed by atoms with Crippen LogP contribution in [0.3, 0.4) is 0 Å². The van der Waals surface area contributed by atoms with E-state index in [1.165, 1.54) is 0 Å². The highest BCUT2D eigenvalue weighted by molar-refractivity contribution is 5.72. The lowest BCUT2D eigenvalue weighted by Gasteiger charge is -2.23. The quantitative estimate of drug-likeness (QED) is 0.268. The lowest BCUT2D eigenvalue weighted by atomic mass is 10.0. The van der Waals surface area contributed by atoms with Crippen molar-refractivity contribution in [1.29, 1.82) is 0 Å². The Hall–Kier alpha value is -0.730. The Labute approximate surface area is 73.5 Å². The van der Waals surface area contributed by atoms with E-state index in [0.717, 1.165) is 0 Å². The number of rotatable bonds is 5. The number of carboxylic acids is 1. The molecule has 6 N–H and O–H groups in total. The number of aliphatic hydroxyl groups is 5. The van der Waals surface area contributed by atoms with Crippen LogP contribution in [-0.2, 0) is 4.79 Å². The molecule has 78 valence electrons. The fourth-order valence-corrected chi connectivity index (χ4v) is 0.668. The molecular formula is C6H12O7. The zero-order valence-corrected chi connectivity index (χ0v) is 6.61. The predicted molar refractivity (Wildman–Crippen MR) is 38.7 cm³/mol. The van der Waals surface area contributed by atoms with Crippen molar-refractivity contribution in [1.82, 2.24) is 0 Å². The first-order valence-electron chi connectivity index (χ1n) is 3.47. The highest BCUT2D eigenvalue weighted by Gasteiger charge is 2.33. The van der Waals surface area contributed by atoms with Gasteiger partial charge in [0.05, 0.1) is 6.61 Å². The zero-order valence-electron chi connectivity index (χ0n) is 6.61. The number of carboxylic acid groups (broad SMARTS) is 1. The maximum atomic E-state index is 10.1. The molecule has 7 heteroatoms. The normalized spacial score (nSPS) is 20.4. The summed E-state index contributed by atoms with van der Waals surface area (Å²) in [5, 5.41) is 51.8. The van der Waals surface area contributed by atoms with Crippen LogP contribution in [-0.4, -0.2) is 67.6 Å². The summed E-state index contributed by atoms with van der Waals surface area (Å²) in [6.45, 7) is -0.843. The molecule has 4 atom stereocenters. The molecule has 0 aliphatic carbocycles. The molecule has 0 fully saturated rings. The summed E-state index contributed by atoms with van der Waals surface area (Å²) in [6.07, 6.45) is -7.84. The Morgan fingerprint density at radius 3 is 1.85 bits per heavy atom. The zero-order chi connectivity index (χ0) is 10.6. The average molecular weight is 196 g/mol. The standard InChI is InChI=1S/C6H12O7/c7-1-2(8)3(9)4(10)5(11)6(12)13/h2-5,7-11H,1H2,(H,12,13)/t2-,3?,4+,5?/m1/s1. The molecule has 0 saturated heterocycles. The Morgan fingerprint density at radius 2 is 1.54 bits per heavy atom. The molecule has 0 bridgehead atoms. The van der Waals surface area contributed by atoms with E-state index in [-0.39, 0.29) is 0 Å². The highest BCUT2D eigenvalue weighted by Crippen LogP contribution is 2.04. The summed E-state index contributed by atoms with van der Waals surface area (Å²) in [7, 11) is 0. The van der Waals surface area contributed by atoms with Crippen LogP contribution < -0.4 is 0 Å². The van der Waals surface area contributed by atoms with Gasteiger partial charge in [-0.25, -0.2) is 4.79 Å². The summed E-state index contributed by atoms with van der Waals surface area (Å²) >= 11 is 0. The first-order valence-corrected chi connectivity index (χ1v) is 3.47. The molecule has 0 aromatic rings. The van der Waals surface area contributed by atoms with Crippen LogP contribution in [0.15, 0.2) is 0 Å². The monoisotopic (exact) mass is 196 g/mol. The molecule has 0 heterocycles. The molecule has 7 nitrogen and oxygen atoms in total. The van der Waals surface area contributed by atoms with Crippen LogP contribution >= 0.6 is 0 Å². The number of hydrogen-bond acceptors (Lipinski definition) is 6. The van der Waals surface area contributed by atoms with Gasteiger partial charge < -0.3 is 30.6 Å². The lowest BCUT2D eigenvalue weighted by molar-refractivity contribution is -0.164. The van der Waals surface area contributed by atoms with Crippen LogP contribution in [0.1, 0.15) is 0 Å². The van der Waals surface area contributed by atoms with Crippen molar-refractivity contribution in [3.63, 3.8) is 0 Å². The van der Waals surface area contributed by atoms with E-state index < -0.39 is 37.0 Å². The summed E-state index contributed by atoms with van der Waals surface area (Å²) in [4.78, 5) is 10.1. The lowest BCUT2D eigenvalue weighted by Crippen LogP contribution is -2.48. The average Bonchev–Trinajstić information content (AvgIpc) is 2.12. The number of aliphatic carboxylic acids is 1. The van der Waals surface area contributed by atoms with Crippen LogP contribution in [0.4, 0.5) is 0 Å². The Balaban J connectivity index is 4.24. The predicted octanol–water partition coefficient (Wildman–Crippen LogP) is -3.49. The van der Waals surface area contributed by atoms with E-state index >= 15 is 0 Å². The summed E-state index contributed by atoms with van der Waals surface area (Å²) in [5.41, 5.74) is 0. The van der Waals surface area contributed by atoms with E-state index in [4.69, 9.17) is 30.6 Å². The Morgan fingerprint density at radius 1 is 1.08 bits per heavy atom. The molecule has 0 saturated carbocycles. The maximum absolute atomic E-state index is 10.1. The third-order valence-corrected chi connectivity index (χ3v) is 1.51. The van der Waals surface area contributed by atoms with E-state index in [1.54, 1.807) is 0 Å². The first-order chi connectivity index (χ1) is 5.91. The smallest absolute Gasteiger partial charge is 0.335 e.